The molecule has 1 rings (SSSR count). The Kier molecular flexibility index (Phi) is 7.43. The summed E-state index contributed by atoms with van der Waals surface area (Å²) in [6.07, 6.45) is 0. The Morgan fingerprint density at radius 3 is 1.58 bits per heavy atom. The second-order valence-corrected chi connectivity index (χ2v) is 8.77. The van der Waals surface area contributed by atoms with Crippen molar-refractivity contribution in [3.05, 3.63) is 35.4 Å². The number of aryl methyl sites for hydroxylation is 2. The van der Waals surface area contributed by atoms with E-state index in [2.05, 4.69) is 26.0 Å². The molecule has 0 unspecified atom stereocenters. The molecule has 0 aromatic heterocycles. The van der Waals surface area contributed by atoms with Crippen molar-refractivity contribution in [2.24, 2.45) is 0 Å². The molecule has 1 aromatic carbocycles. The van der Waals surface area contributed by atoms with Crippen LogP contribution in [-0.2, 0) is 0 Å². The van der Waals surface area contributed by atoms with E-state index in [9.17, 15) is 0 Å². The molecule has 0 heterocycles. The Bertz CT molecular complexity index is 205. The Morgan fingerprint density at radius 1 is 1.08 bits per heavy atom. The van der Waals surface area contributed by atoms with Gasteiger partial charge in [-0.15, -0.1) is 0 Å². The van der Waals surface area contributed by atoms with Crippen molar-refractivity contribution < 1.29 is 0 Å². The van der Waals surface area contributed by atoms with E-state index >= 15 is 0 Å². The predicted molar refractivity (Wildman–Crippen MR) is 58.1 cm³/mol. The lowest BCUT2D eigenvalue weighted by Gasteiger charge is -1.90. The van der Waals surface area contributed by atoms with Crippen LogP contribution in [0.2, 0.25) is 0 Å². The molecule has 1 aromatic rings. The minimum absolute atomic E-state index is 1.28. The lowest BCUT2D eigenvalue weighted by molar-refractivity contribution is 1.38. The van der Waals surface area contributed by atoms with E-state index in [1.807, 2.05) is 12.1 Å². The average molecular weight is 239 g/mol. The summed E-state index contributed by atoms with van der Waals surface area (Å²) in [5, 5.41) is 0. The summed E-state index contributed by atoms with van der Waals surface area (Å²) in [5.74, 6) is 0. The van der Waals surface area contributed by atoms with Gasteiger partial charge in [0.2, 0.25) is 0 Å². The summed E-state index contributed by atoms with van der Waals surface area (Å²) in [6, 6.07) is 9.12. The first kappa shape index (κ1) is 12.6. The van der Waals surface area contributed by atoms with Crippen molar-refractivity contribution in [2.75, 3.05) is 0 Å². The highest BCUT2D eigenvalue weighted by Gasteiger charge is 2.00. The Labute approximate surface area is 90.4 Å². The molecule has 0 atom stereocenters. The molecule has 0 aliphatic carbocycles. The highest BCUT2D eigenvalue weighted by molar-refractivity contribution is 7.54. The van der Waals surface area contributed by atoms with Gasteiger partial charge >= 0.3 is 11.4 Å². The van der Waals surface area contributed by atoms with E-state index in [-0.39, 0.29) is 0 Å². The molecule has 12 heavy (non-hydrogen) atoms. The molecule has 4 heteroatoms. The van der Waals surface area contributed by atoms with Gasteiger partial charge in [-0.2, -0.15) is 0 Å². The molecule has 0 saturated carbocycles. The fourth-order valence-electron chi connectivity index (χ4n) is 0.747. The van der Waals surface area contributed by atoms with E-state index in [0.717, 1.165) is 0 Å². The Hall–Kier alpha value is 0.622. The third-order valence-electron chi connectivity index (χ3n) is 1.08. The van der Waals surface area contributed by atoms with Gasteiger partial charge in [-0.25, -0.2) is 30.1 Å². The van der Waals surface area contributed by atoms with Crippen molar-refractivity contribution in [2.45, 2.75) is 13.8 Å². The number of hydrogen-bond acceptors (Lipinski definition) is 0. The van der Waals surface area contributed by atoms with Crippen LogP contribution < -0.4 is 0 Å². The summed E-state index contributed by atoms with van der Waals surface area (Å²) in [4.78, 5) is 0. The molecule has 0 aliphatic heterocycles. The molecule has 0 aliphatic rings. The minimum Gasteiger partial charge on any atom is -0.214 e. The Balaban J connectivity index is 0.000000261. The monoisotopic (exact) mass is 237 g/mol. The van der Waals surface area contributed by atoms with E-state index in [0.29, 0.717) is 0 Å². The van der Waals surface area contributed by atoms with Crippen LogP contribution in [0.3, 0.4) is 0 Å². The molecule has 0 amide bonds. The summed E-state index contributed by atoms with van der Waals surface area (Å²) in [7, 11) is 14.8. The normalized spacial score (nSPS) is 8.42. The van der Waals surface area contributed by atoms with Gasteiger partial charge in [-0.3, -0.25) is 0 Å². The first-order valence-corrected chi connectivity index (χ1v) is 8.62. The first-order chi connectivity index (χ1) is 5.52. The summed E-state index contributed by atoms with van der Waals surface area (Å²) in [6.45, 7) is 4.15. The topological polar surface area (TPSA) is 0 Å². The molecule has 0 spiro atoms. The third kappa shape index (κ3) is 8.72. The van der Waals surface area contributed by atoms with Gasteiger partial charge < -0.3 is 0 Å². The van der Waals surface area contributed by atoms with Crippen LogP contribution in [0.5, 0.6) is 0 Å². The fraction of sp³-hybridized carbons (Fsp3) is 0.250. The first-order valence-electron chi connectivity index (χ1n) is 3.39. The number of halogens is 3. The number of hydrogen-bond donors (Lipinski definition) is 0. The van der Waals surface area contributed by atoms with Crippen molar-refractivity contribution in [1.29, 1.82) is 0 Å². The maximum absolute atomic E-state index is 4.94. The van der Waals surface area contributed by atoms with Gasteiger partial charge in [0.05, 0.1) is 0 Å². The molecule has 0 saturated heterocycles. The van der Waals surface area contributed by atoms with E-state index in [1.54, 1.807) is 0 Å². The lowest BCUT2D eigenvalue weighted by Crippen LogP contribution is -1.72. The van der Waals surface area contributed by atoms with Crippen LogP contribution in [0.25, 0.3) is 0 Å². The standard InChI is InChI=1S/C8H9.Al.3ClH/c1-7-4-3-5-8(2)6-7;;;;/h4-6H,1-2H3;;3*1H/q;+3;;;/p-3. The molecule has 0 bridgehead atoms. The van der Waals surface area contributed by atoms with Crippen molar-refractivity contribution in [1.82, 2.24) is 0 Å². The molecular formula is C8H9AlCl3. The highest BCUT2D eigenvalue weighted by atomic mass is 35.8. The smallest absolute Gasteiger partial charge is 0.214 e. The zero-order chi connectivity index (χ0) is 9.56. The SMILES string of the molecule is Cc1c[c]cc(C)c1.[Cl][Al]([Cl])[Cl]. The van der Waals surface area contributed by atoms with Crippen LogP contribution in [0.4, 0.5) is 0 Å². The van der Waals surface area contributed by atoms with E-state index in [4.69, 9.17) is 30.1 Å². The molecule has 0 fully saturated rings. The zero-order valence-electron chi connectivity index (χ0n) is 6.94. The van der Waals surface area contributed by atoms with Crippen LogP contribution in [0.1, 0.15) is 11.1 Å². The largest absolute Gasteiger partial charge is 0.643 e. The van der Waals surface area contributed by atoms with E-state index < -0.39 is 11.4 Å². The summed E-state index contributed by atoms with van der Waals surface area (Å²) in [5.41, 5.74) is 2.56. The van der Waals surface area contributed by atoms with Gasteiger partial charge in [-0.05, 0) is 19.9 Å². The van der Waals surface area contributed by atoms with Gasteiger partial charge in [0.1, 0.15) is 0 Å². The van der Waals surface area contributed by atoms with Gasteiger partial charge in [-0.1, -0.05) is 29.3 Å². The Morgan fingerprint density at radius 2 is 1.42 bits per heavy atom. The maximum Gasteiger partial charge on any atom is 0.643 e. The van der Waals surface area contributed by atoms with Crippen LogP contribution in [0, 0.1) is 19.9 Å². The van der Waals surface area contributed by atoms with Crippen molar-refractivity contribution in [3.63, 3.8) is 0 Å². The average Bonchev–Trinajstić information content (AvgIpc) is 1.84. The molecule has 0 nitrogen and oxygen atoms in total. The second-order valence-electron chi connectivity index (χ2n) is 2.34. The molecule has 0 N–H and O–H groups in total. The van der Waals surface area contributed by atoms with Crippen molar-refractivity contribution >= 4 is 41.5 Å². The minimum atomic E-state index is -1.72. The van der Waals surface area contributed by atoms with Gasteiger partial charge in [0.15, 0.2) is 0 Å². The quantitative estimate of drug-likeness (QED) is 0.603. The van der Waals surface area contributed by atoms with Gasteiger partial charge in [0, 0.05) is 0 Å². The zero-order valence-corrected chi connectivity index (χ0v) is 10.4. The van der Waals surface area contributed by atoms with Crippen molar-refractivity contribution in [3.8, 4) is 0 Å². The fourth-order valence-corrected chi connectivity index (χ4v) is 0.747. The van der Waals surface area contributed by atoms with Gasteiger partial charge in [0.25, 0.3) is 0 Å². The number of benzene rings is 1. The summed E-state index contributed by atoms with van der Waals surface area (Å²) < 4.78 is 0. The molecular weight excluding hydrogens is 229 g/mol. The lowest BCUT2D eigenvalue weighted by atomic mass is 10.2. The van der Waals surface area contributed by atoms with E-state index in [1.165, 1.54) is 11.1 Å². The molecule has 65 valence electrons. The second kappa shape index (κ2) is 7.07. The molecule has 1 radical (unpaired) electrons. The number of rotatable bonds is 0. The van der Waals surface area contributed by atoms with Crippen LogP contribution >= 0.6 is 30.1 Å². The third-order valence-corrected chi connectivity index (χ3v) is 1.08. The van der Waals surface area contributed by atoms with Crippen LogP contribution in [0.15, 0.2) is 18.2 Å². The maximum atomic E-state index is 4.94. The summed E-state index contributed by atoms with van der Waals surface area (Å²) >= 11 is -1.72. The highest BCUT2D eigenvalue weighted by Crippen LogP contribution is 1.99. The predicted octanol–water partition coefficient (Wildman–Crippen LogP) is 3.79. The van der Waals surface area contributed by atoms with Crippen LogP contribution in [-0.4, -0.2) is 11.4 Å².